The predicted molar refractivity (Wildman–Crippen MR) is 99.9 cm³/mol. The maximum Gasteiger partial charge on any atom is 0.389 e. The third-order valence-electron chi connectivity index (χ3n) is 4.48. The molecule has 2 aromatic carbocycles. The van der Waals surface area contributed by atoms with Crippen LogP contribution in [0.2, 0.25) is 0 Å². The predicted octanol–water partition coefficient (Wildman–Crippen LogP) is 4.57. The van der Waals surface area contributed by atoms with Crippen molar-refractivity contribution in [1.29, 1.82) is 0 Å². The van der Waals surface area contributed by atoms with Gasteiger partial charge in [-0.2, -0.15) is 13.2 Å². The smallest absolute Gasteiger partial charge is 0.389 e. The highest BCUT2D eigenvalue weighted by molar-refractivity contribution is 7.80. The second kappa shape index (κ2) is 8.96. The van der Waals surface area contributed by atoms with Gasteiger partial charge in [0.1, 0.15) is 17.2 Å². The summed E-state index contributed by atoms with van der Waals surface area (Å²) in [5.41, 5.74) is 2.21. The van der Waals surface area contributed by atoms with Gasteiger partial charge in [-0.1, -0.05) is 18.2 Å². The number of alkyl halides is 3. The minimum atomic E-state index is -4.26. The van der Waals surface area contributed by atoms with Crippen LogP contribution in [-0.4, -0.2) is 27.9 Å². The summed E-state index contributed by atoms with van der Waals surface area (Å²) in [6.07, 6.45) is -3.96. The van der Waals surface area contributed by atoms with Crippen LogP contribution in [0.25, 0.3) is 0 Å². The minimum Gasteiger partial charge on any atom is -0.457 e. The summed E-state index contributed by atoms with van der Waals surface area (Å²) >= 11 is -1.85. The molecule has 1 N–H and O–H groups in total. The molecule has 0 fully saturated rings. The SMILES string of the molecule is O=S(CCCC(F)(F)F)Oc1cccc(Oc2cccc3c2CC(CO)C3)c1. The standard InChI is InChI=1S/C20H21F3O4S/c21-20(22,23)8-3-9-28(25)27-17-6-2-5-16(12-17)26-19-7-1-4-15-10-14(13-24)11-18(15)19/h1-2,4-7,12,14,24H,3,8-11,13H2. The lowest BCUT2D eigenvalue weighted by Crippen LogP contribution is -2.11. The van der Waals surface area contributed by atoms with E-state index in [1.165, 1.54) is 0 Å². The highest BCUT2D eigenvalue weighted by Gasteiger charge is 2.27. The molecule has 0 saturated heterocycles. The Morgan fingerprint density at radius 1 is 1.11 bits per heavy atom. The Bertz CT molecular complexity index is 838. The molecular weight excluding hydrogens is 393 g/mol. The molecule has 0 spiro atoms. The van der Waals surface area contributed by atoms with Gasteiger partial charge in [0.05, 0.1) is 5.75 Å². The Morgan fingerprint density at radius 3 is 2.61 bits per heavy atom. The zero-order valence-electron chi connectivity index (χ0n) is 15.1. The first kappa shape index (κ1) is 20.7. The highest BCUT2D eigenvalue weighted by atomic mass is 32.2. The Morgan fingerprint density at radius 2 is 1.86 bits per heavy atom. The molecule has 8 heteroatoms. The molecule has 0 radical (unpaired) electrons. The molecule has 1 aliphatic carbocycles. The molecule has 3 rings (SSSR count). The molecule has 0 bridgehead atoms. The maximum absolute atomic E-state index is 12.2. The molecule has 0 aromatic heterocycles. The number of halogens is 3. The summed E-state index contributed by atoms with van der Waals surface area (Å²) in [6.45, 7) is 0.123. The Hall–Kier alpha value is -2.06. The van der Waals surface area contributed by atoms with Gasteiger partial charge < -0.3 is 14.0 Å². The van der Waals surface area contributed by atoms with Crippen LogP contribution in [0.1, 0.15) is 24.0 Å². The molecule has 0 saturated carbocycles. The zero-order valence-corrected chi connectivity index (χ0v) is 15.9. The van der Waals surface area contributed by atoms with E-state index in [9.17, 15) is 22.5 Å². The van der Waals surface area contributed by atoms with E-state index in [-0.39, 0.29) is 30.4 Å². The van der Waals surface area contributed by atoms with Crippen molar-refractivity contribution in [3.63, 3.8) is 0 Å². The second-order valence-corrected chi connectivity index (χ2v) is 7.92. The van der Waals surface area contributed by atoms with Crippen molar-refractivity contribution in [2.45, 2.75) is 31.9 Å². The number of aliphatic hydroxyl groups excluding tert-OH is 1. The highest BCUT2D eigenvalue weighted by Crippen LogP contribution is 2.36. The first-order chi connectivity index (χ1) is 13.3. The Kier molecular flexibility index (Phi) is 6.61. The van der Waals surface area contributed by atoms with Crippen LogP contribution in [0.3, 0.4) is 0 Å². The molecule has 0 amide bonds. The molecule has 28 heavy (non-hydrogen) atoms. The van der Waals surface area contributed by atoms with Gasteiger partial charge in [-0.25, -0.2) is 4.21 Å². The van der Waals surface area contributed by atoms with Crippen molar-refractivity contribution >= 4 is 11.1 Å². The third-order valence-corrected chi connectivity index (χ3v) is 5.48. The van der Waals surface area contributed by atoms with Gasteiger partial charge in [0, 0.05) is 19.1 Å². The van der Waals surface area contributed by atoms with Crippen molar-refractivity contribution in [3.05, 3.63) is 53.6 Å². The topological polar surface area (TPSA) is 55.8 Å². The van der Waals surface area contributed by atoms with Gasteiger partial charge in [-0.05, 0) is 54.5 Å². The summed E-state index contributed by atoms with van der Waals surface area (Å²) in [5.74, 6) is 1.43. The number of rotatable bonds is 8. The van der Waals surface area contributed by atoms with Crippen LogP contribution in [0.5, 0.6) is 17.2 Å². The lowest BCUT2D eigenvalue weighted by atomic mass is 10.1. The number of aliphatic hydroxyl groups is 1. The van der Waals surface area contributed by atoms with Crippen LogP contribution in [0.15, 0.2) is 42.5 Å². The summed E-state index contributed by atoms with van der Waals surface area (Å²) < 4.78 is 59.5. The summed E-state index contributed by atoms with van der Waals surface area (Å²) in [5, 5.41) is 9.40. The van der Waals surface area contributed by atoms with E-state index >= 15 is 0 Å². The fourth-order valence-corrected chi connectivity index (χ4v) is 3.97. The quantitative estimate of drug-likeness (QED) is 0.688. The van der Waals surface area contributed by atoms with Crippen molar-refractivity contribution in [1.82, 2.24) is 0 Å². The Labute approximate surface area is 164 Å². The van der Waals surface area contributed by atoms with Gasteiger partial charge in [-0.15, -0.1) is 0 Å². The van der Waals surface area contributed by atoms with Crippen LogP contribution in [-0.2, 0) is 23.9 Å². The fourth-order valence-electron chi connectivity index (χ4n) is 3.19. The van der Waals surface area contributed by atoms with Gasteiger partial charge in [-0.3, -0.25) is 0 Å². The number of hydrogen-bond acceptors (Lipinski definition) is 4. The lowest BCUT2D eigenvalue weighted by molar-refractivity contribution is -0.134. The van der Waals surface area contributed by atoms with Gasteiger partial charge in [0.15, 0.2) is 0 Å². The molecule has 2 aromatic rings. The van der Waals surface area contributed by atoms with Crippen LogP contribution >= 0.6 is 0 Å². The molecule has 1 aliphatic rings. The van der Waals surface area contributed by atoms with E-state index < -0.39 is 23.7 Å². The molecular formula is C20H21F3O4S. The summed E-state index contributed by atoms with van der Waals surface area (Å²) in [4.78, 5) is 0. The lowest BCUT2D eigenvalue weighted by Gasteiger charge is -2.12. The average molecular weight is 414 g/mol. The van der Waals surface area contributed by atoms with Gasteiger partial charge in [0.2, 0.25) is 11.1 Å². The van der Waals surface area contributed by atoms with E-state index in [2.05, 4.69) is 0 Å². The monoisotopic (exact) mass is 414 g/mol. The van der Waals surface area contributed by atoms with Crippen molar-refractivity contribution in [2.75, 3.05) is 12.4 Å². The number of benzene rings is 2. The molecule has 152 valence electrons. The van der Waals surface area contributed by atoms with E-state index in [0.717, 1.165) is 24.0 Å². The summed E-state index contributed by atoms with van der Waals surface area (Å²) in [7, 11) is 0. The largest absolute Gasteiger partial charge is 0.457 e. The minimum absolute atomic E-state index is 0.123. The van der Waals surface area contributed by atoms with Crippen LogP contribution in [0.4, 0.5) is 13.2 Å². The van der Waals surface area contributed by atoms with Crippen molar-refractivity contribution in [3.8, 4) is 17.2 Å². The zero-order chi connectivity index (χ0) is 20.1. The molecule has 2 atom stereocenters. The van der Waals surface area contributed by atoms with E-state index in [0.29, 0.717) is 11.5 Å². The first-order valence-electron chi connectivity index (χ1n) is 8.97. The van der Waals surface area contributed by atoms with Crippen molar-refractivity contribution < 1.29 is 31.4 Å². The maximum atomic E-state index is 12.2. The normalized spacial score (nSPS) is 17.2. The van der Waals surface area contributed by atoms with Gasteiger partial charge >= 0.3 is 6.18 Å². The van der Waals surface area contributed by atoms with Crippen LogP contribution < -0.4 is 8.92 Å². The fraction of sp³-hybridized carbons (Fsp3) is 0.400. The molecule has 0 heterocycles. The first-order valence-corrected chi connectivity index (χ1v) is 10.2. The number of hydrogen-bond donors (Lipinski definition) is 1. The van der Waals surface area contributed by atoms with Crippen LogP contribution in [0, 0.1) is 5.92 Å². The number of ether oxygens (including phenoxy) is 1. The van der Waals surface area contributed by atoms with E-state index in [1.807, 2.05) is 18.2 Å². The Balaban J connectivity index is 1.62. The average Bonchev–Trinajstić information content (AvgIpc) is 3.05. The molecule has 2 unspecified atom stereocenters. The second-order valence-electron chi connectivity index (χ2n) is 6.74. The molecule has 0 aliphatic heterocycles. The van der Waals surface area contributed by atoms with E-state index in [1.54, 1.807) is 24.3 Å². The number of fused-ring (bicyclic) bond motifs is 1. The third kappa shape index (κ3) is 5.72. The molecule has 4 nitrogen and oxygen atoms in total. The van der Waals surface area contributed by atoms with E-state index in [4.69, 9.17) is 8.92 Å². The van der Waals surface area contributed by atoms with Gasteiger partial charge in [0.25, 0.3) is 0 Å². The summed E-state index contributed by atoms with van der Waals surface area (Å²) in [6, 6.07) is 12.3. The van der Waals surface area contributed by atoms with Crippen molar-refractivity contribution in [2.24, 2.45) is 5.92 Å².